The van der Waals surface area contributed by atoms with Gasteiger partial charge in [0.2, 0.25) is 0 Å². The van der Waals surface area contributed by atoms with E-state index in [1.54, 1.807) is 0 Å². The van der Waals surface area contributed by atoms with Crippen LogP contribution in [0.5, 0.6) is 0 Å². The minimum absolute atomic E-state index is 0.0459. The number of esters is 2. The van der Waals surface area contributed by atoms with Gasteiger partial charge < -0.3 is 20.1 Å². The first kappa shape index (κ1) is 74.2. The molecule has 0 aromatic rings. The number of hydrogen-bond acceptors (Lipinski definition) is 8. The van der Waals surface area contributed by atoms with Crippen molar-refractivity contribution in [3.8, 4) is 0 Å². The Morgan fingerprint density at radius 3 is 1.08 bits per heavy atom. The van der Waals surface area contributed by atoms with Gasteiger partial charge in [-0.05, 0) is 89.9 Å². The van der Waals surface area contributed by atoms with Crippen LogP contribution in [0.2, 0.25) is 0 Å². The normalized spacial score (nSPS) is 13.6. The van der Waals surface area contributed by atoms with Crippen molar-refractivity contribution in [2.75, 3.05) is 26.4 Å². The molecule has 0 fully saturated rings. The van der Waals surface area contributed by atoms with Crippen molar-refractivity contribution in [3.05, 3.63) is 85.1 Å². The second-order valence-corrected chi connectivity index (χ2v) is 22.7. The number of unbranched alkanes of at least 4 members (excludes halogenated alkanes) is 33. The molecule has 0 saturated carbocycles. The summed E-state index contributed by atoms with van der Waals surface area (Å²) in [7, 11) is -4.40. The molecule has 2 atom stereocenters. The van der Waals surface area contributed by atoms with Crippen LogP contribution in [-0.2, 0) is 32.7 Å². The van der Waals surface area contributed by atoms with E-state index in [2.05, 4.69) is 98.9 Å². The quantitative estimate of drug-likeness (QED) is 0.0264. The molecule has 0 spiro atoms. The van der Waals surface area contributed by atoms with E-state index < -0.39 is 26.5 Å². The molecule has 0 heterocycles. The number of ether oxygens (including phenoxy) is 2. The van der Waals surface area contributed by atoms with Crippen molar-refractivity contribution in [1.29, 1.82) is 0 Å². The molecule has 10 heteroatoms. The Morgan fingerprint density at radius 1 is 0.403 bits per heavy atom. The first-order valence-corrected chi connectivity index (χ1v) is 33.6. The number of carbonyl (C=O) groups excluding carboxylic acids is 2. The van der Waals surface area contributed by atoms with Crippen molar-refractivity contribution < 1.29 is 37.6 Å². The van der Waals surface area contributed by atoms with Gasteiger partial charge in [0, 0.05) is 19.4 Å². The molecule has 0 aliphatic heterocycles. The van der Waals surface area contributed by atoms with Crippen LogP contribution in [0.1, 0.15) is 296 Å². The van der Waals surface area contributed by atoms with Crippen LogP contribution >= 0.6 is 7.82 Å². The van der Waals surface area contributed by atoms with Gasteiger partial charge >= 0.3 is 19.8 Å². The molecule has 0 aliphatic carbocycles. The molecule has 3 N–H and O–H groups in total. The highest BCUT2D eigenvalue weighted by Crippen LogP contribution is 2.43. The van der Waals surface area contributed by atoms with Crippen LogP contribution < -0.4 is 5.73 Å². The lowest BCUT2D eigenvalue weighted by Gasteiger charge is -2.19. The van der Waals surface area contributed by atoms with E-state index >= 15 is 0 Å². The predicted molar refractivity (Wildman–Crippen MR) is 330 cm³/mol. The molecule has 0 rings (SSSR count). The number of phosphoric acid groups is 1. The second kappa shape index (κ2) is 62.4. The zero-order valence-corrected chi connectivity index (χ0v) is 50.8. The maximum Gasteiger partial charge on any atom is 0.472 e. The molecule has 9 nitrogen and oxygen atoms in total. The molecule has 0 radical (unpaired) electrons. The maximum atomic E-state index is 12.7. The number of carbonyl (C=O) groups is 2. The van der Waals surface area contributed by atoms with Crippen LogP contribution in [-0.4, -0.2) is 49.3 Å². The Labute approximate surface area is 474 Å². The lowest BCUT2D eigenvalue weighted by molar-refractivity contribution is -0.161. The van der Waals surface area contributed by atoms with Gasteiger partial charge in [0.25, 0.3) is 0 Å². The Hall–Kier alpha value is -2.81. The van der Waals surface area contributed by atoms with Crippen molar-refractivity contribution in [2.45, 2.75) is 302 Å². The molecule has 77 heavy (non-hydrogen) atoms. The first-order chi connectivity index (χ1) is 37.8. The van der Waals surface area contributed by atoms with Crippen LogP contribution in [0.25, 0.3) is 0 Å². The molecule has 0 saturated heterocycles. The zero-order valence-electron chi connectivity index (χ0n) is 49.9. The van der Waals surface area contributed by atoms with Crippen molar-refractivity contribution in [2.24, 2.45) is 5.73 Å². The number of nitrogens with two attached hydrogens (primary N) is 1. The fourth-order valence-corrected chi connectivity index (χ4v) is 9.81. The molecular formula is C67H120NO8P. The lowest BCUT2D eigenvalue weighted by atomic mass is 10.0. The van der Waals surface area contributed by atoms with Gasteiger partial charge in [-0.15, -0.1) is 0 Å². The average molecular weight is 1100 g/mol. The minimum atomic E-state index is -4.40. The Kier molecular flexibility index (Phi) is 60.1. The summed E-state index contributed by atoms with van der Waals surface area (Å²) < 4.78 is 33.1. The van der Waals surface area contributed by atoms with Crippen LogP contribution in [0, 0.1) is 0 Å². The number of hydrogen-bond donors (Lipinski definition) is 2. The summed E-state index contributed by atoms with van der Waals surface area (Å²) in [6, 6.07) is 0. The molecule has 0 bridgehead atoms. The van der Waals surface area contributed by atoms with E-state index in [1.807, 2.05) is 0 Å². The highest BCUT2D eigenvalue weighted by atomic mass is 31.2. The van der Waals surface area contributed by atoms with Gasteiger partial charge in [-0.25, -0.2) is 4.57 Å². The van der Waals surface area contributed by atoms with E-state index in [0.29, 0.717) is 6.42 Å². The third-order valence-electron chi connectivity index (χ3n) is 13.8. The second-order valence-electron chi connectivity index (χ2n) is 21.2. The third kappa shape index (κ3) is 62.3. The van der Waals surface area contributed by atoms with Crippen molar-refractivity contribution in [1.82, 2.24) is 0 Å². The van der Waals surface area contributed by atoms with Gasteiger partial charge in [-0.3, -0.25) is 18.6 Å². The smallest absolute Gasteiger partial charge is 0.462 e. The SMILES string of the molecule is CC/C=C\C/C=C\C/C=C\C/C=C\C/C=C\C/C=C\CCCCCCC(=O)OC(COC(=O)CCCCCCCCCCCCCCCCCCCCCCC/C=C\CCCCCCCCCC)COP(=O)(O)OCCN. The van der Waals surface area contributed by atoms with Crippen molar-refractivity contribution >= 4 is 19.8 Å². The highest BCUT2D eigenvalue weighted by Gasteiger charge is 2.26. The van der Waals surface area contributed by atoms with E-state index in [0.717, 1.165) is 83.5 Å². The van der Waals surface area contributed by atoms with Crippen LogP contribution in [0.15, 0.2) is 85.1 Å². The first-order valence-electron chi connectivity index (χ1n) is 32.1. The Bertz CT molecular complexity index is 1530. The molecule has 0 aliphatic rings. The van der Waals surface area contributed by atoms with Gasteiger partial charge in [0.1, 0.15) is 6.61 Å². The fraction of sp³-hybridized carbons (Fsp3) is 0.761. The summed E-state index contributed by atoms with van der Waals surface area (Å²) in [5, 5.41) is 0. The molecule has 446 valence electrons. The van der Waals surface area contributed by atoms with Crippen LogP contribution in [0.3, 0.4) is 0 Å². The average Bonchev–Trinajstić information content (AvgIpc) is 3.42. The summed E-state index contributed by atoms with van der Waals surface area (Å²) >= 11 is 0. The summed E-state index contributed by atoms with van der Waals surface area (Å²) in [6.45, 7) is 3.63. The van der Waals surface area contributed by atoms with Gasteiger partial charge in [-0.1, -0.05) is 279 Å². The number of phosphoric ester groups is 1. The topological polar surface area (TPSA) is 134 Å². The van der Waals surface area contributed by atoms with Gasteiger partial charge in [0.05, 0.1) is 13.2 Å². The van der Waals surface area contributed by atoms with Crippen LogP contribution in [0.4, 0.5) is 0 Å². The number of allylic oxidation sites excluding steroid dienone is 14. The fourth-order valence-electron chi connectivity index (χ4n) is 9.05. The van der Waals surface area contributed by atoms with Gasteiger partial charge in [-0.2, -0.15) is 0 Å². The third-order valence-corrected chi connectivity index (χ3v) is 14.7. The largest absolute Gasteiger partial charge is 0.472 e. The molecule has 0 aromatic heterocycles. The Balaban J connectivity index is 3.91. The molecular weight excluding hydrogens is 978 g/mol. The summed E-state index contributed by atoms with van der Waals surface area (Å²) in [6.07, 6.45) is 82.4. The van der Waals surface area contributed by atoms with Gasteiger partial charge in [0.15, 0.2) is 6.10 Å². The van der Waals surface area contributed by atoms with E-state index in [1.165, 1.54) is 180 Å². The van der Waals surface area contributed by atoms with E-state index in [9.17, 15) is 19.0 Å². The highest BCUT2D eigenvalue weighted by molar-refractivity contribution is 7.47. The number of rotatable bonds is 60. The zero-order chi connectivity index (χ0) is 55.9. The summed E-state index contributed by atoms with van der Waals surface area (Å²) in [4.78, 5) is 35.2. The summed E-state index contributed by atoms with van der Waals surface area (Å²) in [5.41, 5.74) is 5.39. The summed E-state index contributed by atoms with van der Waals surface area (Å²) in [5.74, 6) is -0.851. The lowest BCUT2D eigenvalue weighted by Crippen LogP contribution is -2.29. The monoisotopic (exact) mass is 1100 g/mol. The molecule has 0 aromatic carbocycles. The minimum Gasteiger partial charge on any atom is -0.462 e. The van der Waals surface area contributed by atoms with E-state index in [-0.39, 0.29) is 38.6 Å². The predicted octanol–water partition coefficient (Wildman–Crippen LogP) is 20.6. The van der Waals surface area contributed by atoms with Crippen molar-refractivity contribution in [3.63, 3.8) is 0 Å². The Morgan fingerprint density at radius 2 is 0.714 bits per heavy atom. The molecule has 2 unspecified atom stereocenters. The van der Waals surface area contributed by atoms with E-state index in [4.69, 9.17) is 24.3 Å². The maximum absolute atomic E-state index is 12.7. The molecule has 0 amide bonds. The standard InChI is InChI=1S/C67H120NO8P/c1-3-5-7-9-11-13-15-17-19-21-23-25-27-28-29-30-31-32-33-34-35-36-38-39-41-43-45-47-49-51-53-55-57-59-66(69)73-63-65(64-75-77(71,72)74-62-61-68)76-67(70)60-58-56-54-52-50-48-46-44-42-40-37-26-24-22-20-18-16-14-12-10-8-6-4-2/h6,8,12,14,18,20-21,23-24,26,40,42,46,48,65H,3-5,7,9-11,13,15-17,19,22,25,27-39,41,43-45,47,49-64,68H2,1-2H3,(H,71,72)/b8-6-,14-12-,20-18-,23-21-,26-24-,42-40-,48-46-.